The van der Waals surface area contributed by atoms with Crippen LogP contribution in [0.2, 0.25) is 0 Å². The normalized spacial score (nSPS) is 11.5. The molecular weight excluding hydrogens is 360 g/mol. The molecule has 144 valence electrons. The molecule has 0 N–H and O–H groups in total. The molecule has 3 rings (SSSR count). The van der Waals surface area contributed by atoms with Crippen molar-refractivity contribution in [3.63, 3.8) is 0 Å². The van der Waals surface area contributed by atoms with E-state index >= 15 is 0 Å². The number of esters is 1. The van der Waals surface area contributed by atoms with Crippen molar-refractivity contribution in [1.29, 1.82) is 0 Å². The standard InChI is InChI=1S/C21H20N2O5/c1-15-8-10-18(11-9-15)28-21(25)27-14-26-20(24)19-12-22-13-23(19)16(2)17-6-4-3-5-7-17/h3-13,16H,14H2,1-2H3/t16-/m1/s1. The van der Waals surface area contributed by atoms with Crippen LogP contribution in [0.5, 0.6) is 5.75 Å². The minimum Gasteiger partial charge on any atom is -0.423 e. The maximum Gasteiger partial charge on any atom is 0.516 e. The fraction of sp³-hybridized carbons (Fsp3) is 0.190. The summed E-state index contributed by atoms with van der Waals surface area (Å²) >= 11 is 0. The first-order valence-corrected chi connectivity index (χ1v) is 8.70. The van der Waals surface area contributed by atoms with Crippen LogP contribution in [0.25, 0.3) is 0 Å². The number of hydrogen-bond acceptors (Lipinski definition) is 6. The van der Waals surface area contributed by atoms with E-state index in [0.29, 0.717) is 5.75 Å². The molecule has 0 fully saturated rings. The van der Waals surface area contributed by atoms with Crippen LogP contribution in [0, 0.1) is 6.92 Å². The van der Waals surface area contributed by atoms with Gasteiger partial charge in [0.05, 0.1) is 18.6 Å². The molecule has 3 aromatic rings. The maximum atomic E-state index is 12.3. The zero-order valence-corrected chi connectivity index (χ0v) is 15.6. The van der Waals surface area contributed by atoms with E-state index < -0.39 is 18.9 Å². The van der Waals surface area contributed by atoms with Gasteiger partial charge in [-0.15, -0.1) is 0 Å². The van der Waals surface area contributed by atoms with Gasteiger partial charge in [-0.3, -0.25) is 0 Å². The molecule has 2 aromatic carbocycles. The molecule has 0 bridgehead atoms. The lowest BCUT2D eigenvalue weighted by molar-refractivity contribution is -0.0150. The third-order valence-electron chi connectivity index (χ3n) is 4.16. The summed E-state index contributed by atoms with van der Waals surface area (Å²) in [5.41, 5.74) is 2.32. The van der Waals surface area contributed by atoms with E-state index in [1.54, 1.807) is 35.2 Å². The molecule has 1 atom stereocenters. The highest BCUT2D eigenvalue weighted by Crippen LogP contribution is 2.19. The molecule has 0 saturated carbocycles. The molecule has 0 radical (unpaired) electrons. The van der Waals surface area contributed by atoms with Crippen molar-refractivity contribution in [2.75, 3.05) is 6.79 Å². The number of aromatic nitrogens is 2. The second-order valence-corrected chi connectivity index (χ2v) is 6.13. The Hall–Kier alpha value is -3.61. The number of nitrogens with zero attached hydrogens (tertiary/aromatic N) is 2. The Morgan fingerprint density at radius 2 is 1.75 bits per heavy atom. The molecule has 0 aliphatic carbocycles. The highest BCUT2D eigenvalue weighted by Gasteiger charge is 2.19. The van der Waals surface area contributed by atoms with E-state index in [9.17, 15) is 9.59 Å². The van der Waals surface area contributed by atoms with Crippen molar-refractivity contribution < 1.29 is 23.8 Å². The van der Waals surface area contributed by atoms with Gasteiger partial charge in [-0.2, -0.15) is 0 Å². The van der Waals surface area contributed by atoms with Crippen molar-refractivity contribution in [2.24, 2.45) is 0 Å². The van der Waals surface area contributed by atoms with E-state index in [4.69, 9.17) is 14.2 Å². The van der Waals surface area contributed by atoms with Gasteiger partial charge in [0.2, 0.25) is 6.79 Å². The largest absolute Gasteiger partial charge is 0.516 e. The zero-order valence-electron chi connectivity index (χ0n) is 15.6. The minimum atomic E-state index is -0.956. The lowest BCUT2D eigenvalue weighted by atomic mass is 10.1. The number of benzene rings is 2. The Balaban J connectivity index is 1.54. The van der Waals surface area contributed by atoms with Crippen LogP contribution in [-0.4, -0.2) is 28.5 Å². The Kier molecular flexibility index (Phi) is 6.06. The molecule has 28 heavy (non-hydrogen) atoms. The van der Waals surface area contributed by atoms with E-state index in [1.165, 1.54) is 6.20 Å². The quantitative estimate of drug-likeness (QED) is 0.363. The first-order chi connectivity index (χ1) is 13.5. The number of rotatable bonds is 6. The molecular formula is C21H20N2O5. The van der Waals surface area contributed by atoms with Gasteiger partial charge in [0, 0.05) is 0 Å². The number of ether oxygens (including phenoxy) is 3. The average molecular weight is 380 g/mol. The Bertz CT molecular complexity index is 935. The molecule has 0 aliphatic heterocycles. The number of carbonyl (C=O) groups excluding carboxylic acids is 2. The minimum absolute atomic E-state index is 0.112. The Morgan fingerprint density at radius 3 is 2.46 bits per heavy atom. The molecule has 7 nitrogen and oxygen atoms in total. The van der Waals surface area contributed by atoms with E-state index in [2.05, 4.69) is 4.98 Å². The number of aryl methyl sites for hydroxylation is 1. The van der Waals surface area contributed by atoms with Crippen LogP contribution in [0.4, 0.5) is 4.79 Å². The molecule has 0 spiro atoms. The van der Waals surface area contributed by atoms with Gasteiger partial charge in [-0.25, -0.2) is 14.6 Å². The molecule has 1 aromatic heterocycles. The third kappa shape index (κ3) is 4.76. The molecule has 0 amide bonds. The highest BCUT2D eigenvalue weighted by atomic mass is 16.8. The van der Waals surface area contributed by atoms with Crippen molar-refractivity contribution in [3.05, 3.63) is 83.9 Å². The maximum absolute atomic E-state index is 12.3. The van der Waals surface area contributed by atoms with Crippen LogP contribution in [0.3, 0.4) is 0 Å². The van der Waals surface area contributed by atoms with E-state index in [-0.39, 0.29) is 11.7 Å². The summed E-state index contributed by atoms with van der Waals surface area (Å²) in [7, 11) is 0. The number of imidazole rings is 1. The number of carbonyl (C=O) groups is 2. The fourth-order valence-electron chi connectivity index (χ4n) is 2.60. The molecule has 1 heterocycles. The summed E-state index contributed by atoms with van der Waals surface area (Å²) in [6.45, 7) is 3.31. The summed E-state index contributed by atoms with van der Waals surface area (Å²) in [6.07, 6.45) is 2.01. The first kappa shape index (κ1) is 19.2. The summed E-state index contributed by atoms with van der Waals surface area (Å²) in [5.74, 6) is -0.305. The summed E-state index contributed by atoms with van der Waals surface area (Å²) < 4.78 is 16.5. The summed E-state index contributed by atoms with van der Waals surface area (Å²) in [4.78, 5) is 28.0. The SMILES string of the molecule is Cc1ccc(OC(=O)OCOC(=O)c2cncn2[C@H](C)c2ccccc2)cc1. The van der Waals surface area contributed by atoms with Crippen LogP contribution >= 0.6 is 0 Å². The Labute approximate surface area is 162 Å². The van der Waals surface area contributed by atoms with Gasteiger partial charge in [-0.05, 0) is 31.5 Å². The predicted molar refractivity (Wildman–Crippen MR) is 101 cm³/mol. The van der Waals surface area contributed by atoms with Gasteiger partial charge < -0.3 is 18.8 Å². The molecule has 7 heteroatoms. The predicted octanol–water partition coefficient (Wildman–Crippen LogP) is 4.13. The van der Waals surface area contributed by atoms with Crippen LogP contribution in [0.15, 0.2) is 67.1 Å². The lowest BCUT2D eigenvalue weighted by Crippen LogP contribution is -2.19. The Morgan fingerprint density at radius 1 is 1.04 bits per heavy atom. The fourth-order valence-corrected chi connectivity index (χ4v) is 2.60. The molecule has 0 unspecified atom stereocenters. The topological polar surface area (TPSA) is 79.7 Å². The van der Waals surface area contributed by atoms with Gasteiger partial charge in [0.1, 0.15) is 11.4 Å². The average Bonchev–Trinajstić information content (AvgIpc) is 3.20. The van der Waals surface area contributed by atoms with Gasteiger partial charge in [-0.1, -0.05) is 48.0 Å². The van der Waals surface area contributed by atoms with Crippen LogP contribution < -0.4 is 4.74 Å². The third-order valence-corrected chi connectivity index (χ3v) is 4.16. The van der Waals surface area contributed by atoms with Crippen molar-refractivity contribution in [1.82, 2.24) is 9.55 Å². The van der Waals surface area contributed by atoms with Gasteiger partial charge >= 0.3 is 12.1 Å². The second-order valence-electron chi connectivity index (χ2n) is 6.13. The monoisotopic (exact) mass is 380 g/mol. The van der Waals surface area contributed by atoms with Gasteiger partial charge in [0.15, 0.2) is 0 Å². The second kappa shape index (κ2) is 8.85. The number of hydrogen-bond donors (Lipinski definition) is 0. The molecule has 0 aliphatic rings. The lowest BCUT2D eigenvalue weighted by Gasteiger charge is -2.16. The first-order valence-electron chi connectivity index (χ1n) is 8.70. The smallest absolute Gasteiger partial charge is 0.423 e. The van der Waals surface area contributed by atoms with Crippen LogP contribution in [-0.2, 0) is 9.47 Å². The van der Waals surface area contributed by atoms with E-state index in [0.717, 1.165) is 11.1 Å². The van der Waals surface area contributed by atoms with Crippen molar-refractivity contribution in [2.45, 2.75) is 19.9 Å². The van der Waals surface area contributed by atoms with Crippen molar-refractivity contribution >= 4 is 12.1 Å². The van der Waals surface area contributed by atoms with Gasteiger partial charge in [0.25, 0.3) is 0 Å². The zero-order chi connectivity index (χ0) is 19.9. The highest BCUT2D eigenvalue weighted by molar-refractivity contribution is 5.87. The summed E-state index contributed by atoms with van der Waals surface area (Å²) in [5, 5.41) is 0. The van der Waals surface area contributed by atoms with E-state index in [1.807, 2.05) is 44.2 Å². The van der Waals surface area contributed by atoms with Crippen LogP contribution in [0.1, 0.15) is 34.6 Å². The summed E-state index contributed by atoms with van der Waals surface area (Å²) in [6, 6.07) is 16.5. The van der Waals surface area contributed by atoms with Crippen molar-refractivity contribution in [3.8, 4) is 5.75 Å². The molecule has 0 saturated heterocycles.